The monoisotopic (exact) mass is 487 g/mol. The quantitative estimate of drug-likeness (QED) is 0.269. The number of nitrogens with zero attached hydrogens (tertiary/aromatic N) is 1. The second-order valence-corrected chi connectivity index (χ2v) is 6.71. The number of benzene rings is 1. The van der Waals surface area contributed by atoms with Crippen molar-refractivity contribution in [2.45, 2.75) is 33.4 Å². The minimum absolute atomic E-state index is 0. The maximum atomic E-state index is 11.5. The fourth-order valence-corrected chi connectivity index (χ4v) is 3.15. The molecule has 2 N–H and O–H groups in total. The molecule has 0 unspecified atom stereocenters. The average molecular weight is 487 g/mol. The van der Waals surface area contributed by atoms with E-state index in [0.29, 0.717) is 12.1 Å². The van der Waals surface area contributed by atoms with Gasteiger partial charge < -0.3 is 15.4 Å². The van der Waals surface area contributed by atoms with Crippen molar-refractivity contribution in [3.05, 3.63) is 57.3 Å². The third-order valence-corrected chi connectivity index (χ3v) is 4.86. The third-order valence-electron chi connectivity index (χ3n) is 3.63. The highest BCUT2D eigenvalue weighted by Crippen LogP contribution is 2.16. The van der Waals surface area contributed by atoms with E-state index in [9.17, 15) is 4.79 Å². The van der Waals surface area contributed by atoms with Gasteiger partial charge in [0.05, 0.1) is 25.8 Å². The molecule has 2 aromatic rings. The zero-order valence-corrected chi connectivity index (χ0v) is 18.5. The first kappa shape index (κ1) is 22.4. The van der Waals surface area contributed by atoms with Crippen LogP contribution >= 0.6 is 35.3 Å². The molecular formula is C19H26IN3O2S. The molecule has 0 aliphatic rings. The fraction of sp³-hybridized carbons (Fsp3) is 0.368. The van der Waals surface area contributed by atoms with Crippen molar-refractivity contribution in [3.8, 4) is 0 Å². The Labute approximate surface area is 176 Å². The number of nitrogens with one attached hydrogen (secondary N) is 2. The second-order valence-electron chi connectivity index (χ2n) is 5.46. The Morgan fingerprint density at radius 3 is 2.35 bits per heavy atom. The number of carbonyl (C=O) groups excluding carboxylic acids is 1. The van der Waals surface area contributed by atoms with Gasteiger partial charge in [-0.3, -0.25) is 0 Å². The highest BCUT2D eigenvalue weighted by atomic mass is 127. The highest BCUT2D eigenvalue weighted by Gasteiger charge is 2.05. The van der Waals surface area contributed by atoms with Crippen LogP contribution in [0.4, 0.5) is 0 Å². The molecule has 7 heteroatoms. The van der Waals surface area contributed by atoms with Crippen molar-refractivity contribution in [1.82, 2.24) is 10.6 Å². The molecule has 1 aromatic heterocycles. The van der Waals surface area contributed by atoms with Gasteiger partial charge >= 0.3 is 5.97 Å². The summed E-state index contributed by atoms with van der Waals surface area (Å²) in [6.07, 6.45) is 1.07. The van der Waals surface area contributed by atoms with Crippen LogP contribution in [0.1, 0.15) is 39.5 Å². The molecule has 0 spiro atoms. The lowest BCUT2D eigenvalue weighted by Gasteiger charge is -2.10. The molecule has 0 fully saturated rings. The largest absolute Gasteiger partial charge is 0.465 e. The number of ether oxygens (including phenoxy) is 1. The lowest BCUT2D eigenvalue weighted by atomic mass is 10.1. The summed E-state index contributed by atoms with van der Waals surface area (Å²) < 4.78 is 4.70. The maximum Gasteiger partial charge on any atom is 0.337 e. The number of methoxy groups -OCH3 is 1. The Bertz CT molecular complexity index is 714. The smallest absolute Gasteiger partial charge is 0.337 e. The van der Waals surface area contributed by atoms with Crippen LogP contribution in [-0.4, -0.2) is 25.6 Å². The van der Waals surface area contributed by atoms with Crippen molar-refractivity contribution in [2.75, 3.05) is 13.7 Å². The van der Waals surface area contributed by atoms with Crippen molar-refractivity contribution in [3.63, 3.8) is 0 Å². The van der Waals surface area contributed by atoms with Gasteiger partial charge in [-0.15, -0.1) is 35.3 Å². The van der Waals surface area contributed by atoms with E-state index in [1.54, 1.807) is 12.1 Å². The molecule has 5 nitrogen and oxygen atoms in total. The summed E-state index contributed by atoms with van der Waals surface area (Å²) in [6.45, 7) is 6.32. The Morgan fingerprint density at radius 2 is 1.77 bits per heavy atom. The van der Waals surface area contributed by atoms with Crippen LogP contribution in [0.25, 0.3) is 0 Å². The molecule has 0 amide bonds. The van der Waals surface area contributed by atoms with Crippen molar-refractivity contribution in [2.24, 2.45) is 4.99 Å². The standard InChI is InChI=1S/C19H25N3O2S.HI/c1-4-16-10-11-17(25-16)13-22-19(20-5-2)21-12-14-6-8-15(9-7-14)18(23)24-3;/h6-11H,4-5,12-13H2,1-3H3,(H2,20,21,22);1H. The SMILES string of the molecule is CCNC(=NCc1ccc(C(=O)OC)cc1)NCc1ccc(CC)s1.I. The molecule has 1 heterocycles. The van der Waals surface area contributed by atoms with Crippen molar-refractivity contribution >= 4 is 47.2 Å². The molecule has 2 rings (SSSR count). The zero-order valence-electron chi connectivity index (χ0n) is 15.4. The number of aliphatic imine (C=N–C) groups is 1. The van der Waals surface area contributed by atoms with Crippen LogP contribution in [0.15, 0.2) is 41.4 Å². The van der Waals surface area contributed by atoms with Crippen LogP contribution in [-0.2, 0) is 24.2 Å². The summed E-state index contributed by atoms with van der Waals surface area (Å²) in [4.78, 5) is 18.7. The Hall–Kier alpha value is -1.61. The maximum absolute atomic E-state index is 11.5. The first-order valence-electron chi connectivity index (χ1n) is 8.43. The summed E-state index contributed by atoms with van der Waals surface area (Å²) in [5.41, 5.74) is 1.58. The van der Waals surface area contributed by atoms with Gasteiger partial charge in [-0.1, -0.05) is 19.1 Å². The van der Waals surface area contributed by atoms with Gasteiger partial charge in [0.1, 0.15) is 0 Å². The van der Waals surface area contributed by atoms with E-state index < -0.39 is 0 Å². The predicted molar refractivity (Wildman–Crippen MR) is 119 cm³/mol. The summed E-state index contributed by atoms with van der Waals surface area (Å²) >= 11 is 1.82. The lowest BCUT2D eigenvalue weighted by Crippen LogP contribution is -2.36. The molecule has 0 aliphatic heterocycles. The van der Waals surface area contributed by atoms with Gasteiger partial charge in [-0.25, -0.2) is 9.79 Å². The first-order valence-corrected chi connectivity index (χ1v) is 9.25. The van der Waals surface area contributed by atoms with Crippen LogP contribution in [0.5, 0.6) is 0 Å². The van der Waals surface area contributed by atoms with Gasteiger partial charge in [-0.05, 0) is 43.2 Å². The molecule has 1 aromatic carbocycles. The number of hydrogen-bond acceptors (Lipinski definition) is 4. The number of aryl methyl sites for hydroxylation is 1. The summed E-state index contributed by atoms with van der Waals surface area (Å²) in [5, 5.41) is 6.61. The molecule has 0 radical (unpaired) electrons. The van der Waals surface area contributed by atoms with E-state index in [4.69, 9.17) is 4.74 Å². The molecular weight excluding hydrogens is 461 g/mol. The Balaban J connectivity index is 0.00000338. The molecule has 142 valence electrons. The molecule has 0 atom stereocenters. The zero-order chi connectivity index (χ0) is 18.1. The number of guanidine groups is 1. The summed E-state index contributed by atoms with van der Waals surface area (Å²) in [5.74, 6) is 0.457. The molecule has 0 saturated carbocycles. The van der Waals surface area contributed by atoms with Crippen molar-refractivity contribution in [1.29, 1.82) is 0 Å². The minimum Gasteiger partial charge on any atom is -0.465 e. The van der Waals surface area contributed by atoms with E-state index in [0.717, 1.165) is 31.0 Å². The first-order chi connectivity index (χ1) is 12.2. The van der Waals surface area contributed by atoms with E-state index in [1.807, 2.05) is 30.4 Å². The Kier molecular flexibility index (Phi) is 10.3. The van der Waals surface area contributed by atoms with Crippen LogP contribution < -0.4 is 10.6 Å². The number of esters is 1. The summed E-state index contributed by atoms with van der Waals surface area (Å²) in [6, 6.07) is 11.6. The van der Waals surface area contributed by atoms with Gasteiger partial charge in [0, 0.05) is 16.3 Å². The number of thiophene rings is 1. The molecule has 0 aliphatic carbocycles. The molecule has 0 saturated heterocycles. The predicted octanol–water partition coefficient (Wildman–Crippen LogP) is 3.97. The van der Waals surface area contributed by atoms with Gasteiger partial charge in [0.25, 0.3) is 0 Å². The summed E-state index contributed by atoms with van der Waals surface area (Å²) in [7, 11) is 1.38. The lowest BCUT2D eigenvalue weighted by molar-refractivity contribution is 0.0600. The number of rotatable bonds is 7. The van der Waals surface area contributed by atoms with E-state index >= 15 is 0 Å². The highest BCUT2D eigenvalue weighted by molar-refractivity contribution is 14.0. The second kappa shape index (κ2) is 11.9. The molecule has 26 heavy (non-hydrogen) atoms. The third kappa shape index (κ3) is 6.95. The normalized spacial score (nSPS) is 10.8. The van der Waals surface area contributed by atoms with Gasteiger partial charge in [-0.2, -0.15) is 0 Å². The Morgan fingerprint density at radius 1 is 1.08 bits per heavy atom. The minimum atomic E-state index is -0.326. The van der Waals surface area contributed by atoms with Crippen LogP contribution in [0.3, 0.4) is 0 Å². The van der Waals surface area contributed by atoms with Gasteiger partial charge in [0.2, 0.25) is 0 Å². The van der Waals surface area contributed by atoms with E-state index in [2.05, 4.69) is 34.7 Å². The average Bonchev–Trinajstić information content (AvgIpc) is 3.12. The topological polar surface area (TPSA) is 62.7 Å². The number of carbonyl (C=O) groups is 1. The fourth-order valence-electron chi connectivity index (χ4n) is 2.25. The van der Waals surface area contributed by atoms with E-state index in [1.165, 1.54) is 16.9 Å². The number of hydrogen-bond donors (Lipinski definition) is 2. The van der Waals surface area contributed by atoms with Crippen LogP contribution in [0.2, 0.25) is 0 Å². The van der Waals surface area contributed by atoms with Crippen LogP contribution in [0, 0.1) is 0 Å². The van der Waals surface area contributed by atoms with Crippen molar-refractivity contribution < 1.29 is 9.53 Å². The van der Waals surface area contributed by atoms with E-state index in [-0.39, 0.29) is 29.9 Å². The number of halogens is 1. The van der Waals surface area contributed by atoms with Gasteiger partial charge in [0.15, 0.2) is 5.96 Å². The molecule has 0 bridgehead atoms.